The first kappa shape index (κ1) is 20.2. The van der Waals surface area contributed by atoms with Crippen LogP contribution in [0.4, 0.5) is 4.79 Å². The number of nitrogens with one attached hydrogen (secondary N) is 2. The summed E-state index contributed by atoms with van der Waals surface area (Å²) in [5, 5.41) is 16.2. The molecule has 1 aliphatic rings. The number of rotatable bonds is 6. The van der Waals surface area contributed by atoms with Crippen molar-refractivity contribution < 1.29 is 14.6 Å². The van der Waals surface area contributed by atoms with Crippen molar-refractivity contribution in [1.29, 1.82) is 0 Å². The third kappa shape index (κ3) is 7.53. The Morgan fingerprint density at radius 2 is 1.74 bits per heavy atom. The molecule has 1 saturated carbocycles. The minimum absolute atomic E-state index is 0.0900. The summed E-state index contributed by atoms with van der Waals surface area (Å²) in [6, 6.07) is 0.328. The Bertz CT molecular complexity index is 362. The van der Waals surface area contributed by atoms with E-state index in [0.717, 1.165) is 32.2 Å². The van der Waals surface area contributed by atoms with Gasteiger partial charge in [0.25, 0.3) is 0 Å². The predicted octanol–water partition coefficient (Wildman–Crippen LogP) is 3.21. The molecule has 0 aliphatic heterocycles. The third-order valence-electron chi connectivity index (χ3n) is 4.74. The van der Waals surface area contributed by atoms with Crippen molar-refractivity contribution in [3.05, 3.63) is 0 Å². The van der Waals surface area contributed by atoms with Crippen LogP contribution >= 0.6 is 0 Å². The second-order valence-corrected chi connectivity index (χ2v) is 8.20. The van der Waals surface area contributed by atoms with E-state index in [2.05, 4.69) is 24.5 Å². The highest BCUT2D eigenvalue weighted by Gasteiger charge is 2.29. The molecule has 23 heavy (non-hydrogen) atoms. The Morgan fingerprint density at radius 3 is 2.26 bits per heavy atom. The molecule has 0 saturated heterocycles. The van der Waals surface area contributed by atoms with Crippen LogP contribution in [0, 0.1) is 5.41 Å². The van der Waals surface area contributed by atoms with Gasteiger partial charge in [0, 0.05) is 30.7 Å². The molecule has 1 fully saturated rings. The van der Waals surface area contributed by atoms with Gasteiger partial charge in [0.2, 0.25) is 0 Å². The van der Waals surface area contributed by atoms with Crippen LogP contribution in [0.2, 0.25) is 0 Å². The van der Waals surface area contributed by atoms with Crippen LogP contribution in [0.25, 0.3) is 0 Å². The summed E-state index contributed by atoms with van der Waals surface area (Å²) in [6.07, 6.45) is 6.11. The van der Waals surface area contributed by atoms with Crippen LogP contribution in [0.3, 0.4) is 0 Å². The van der Waals surface area contributed by atoms with Crippen LogP contribution in [-0.2, 0) is 4.74 Å². The minimum atomic E-state index is -0.477. The van der Waals surface area contributed by atoms with Crippen molar-refractivity contribution in [2.24, 2.45) is 5.41 Å². The van der Waals surface area contributed by atoms with Crippen molar-refractivity contribution in [2.45, 2.75) is 90.8 Å². The molecule has 3 unspecified atom stereocenters. The molecular formula is C18H36N2O3. The Kier molecular flexibility index (Phi) is 7.81. The quantitative estimate of drug-likeness (QED) is 0.655. The molecule has 0 spiro atoms. The maximum Gasteiger partial charge on any atom is 0.407 e. The maximum atomic E-state index is 12.1. The summed E-state index contributed by atoms with van der Waals surface area (Å²) in [7, 11) is 0. The van der Waals surface area contributed by atoms with Gasteiger partial charge in [-0.3, -0.25) is 0 Å². The average molecular weight is 328 g/mol. The fraction of sp³-hybridized carbons (Fsp3) is 0.944. The Morgan fingerprint density at radius 1 is 1.13 bits per heavy atom. The summed E-state index contributed by atoms with van der Waals surface area (Å²) in [5.74, 6) is 0. The first-order chi connectivity index (χ1) is 10.7. The van der Waals surface area contributed by atoms with Gasteiger partial charge in [0.15, 0.2) is 0 Å². The van der Waals surface area contributed by atoms with Crippen LogP contribution in [0.1, 0.15) is 73.1 Å². The number of carbonyl (C=O) groups is 1. The van der Waals surface area contributed by atoms with Gasteiger partial charge in [0.05, 0.1) is 0 Å². The lowest BCUT2D eigenvalue weighted by molar-refractivity contribution is 0.0485. The Hall–Kier alpha value is -0.810. The maximum absolute atomic E-state index is 12.1. The highest BCUT2D eigenvalue weighted by molar-refractivity contribution is 5.68. The van der Waals surface area contributed by atoms with Gasteiger partial charge in [-0.2, -0.15) is 0 Å². The molecule has 3 atom stereocenters. The van der Waals surface area contributed by atoms with Crippen molar-refractivity contribution >= 4 is 6.09 Å². The largest absolute Gasteiger partial charge is 0.444 e. The van der Waals surface area contributed by atoms with E-state index in [1.807, 2.05) is 20.8 Å². The van der Waals surface area contributed by atoms with Crippen molar-refractivity contribution in [3.63, 3.8) is 0 Å². The van der Waals surface area contributed by atoms with Gasteiger partial charge in [-0.05, 0) is 40.0 Å². The number of aliphatic hydroxyl groups excluding tert-OH is 1. The van der Waals surface area contributed by atoms with Crippen molar-refractivity contribution in [3.8, 4) is 0 Å². The summed E-state index contributed by atoms with van der Waals surface area (Å²) in [5.41, 5.74) is -0.585. The molecule has 5 nitrogen and oxygen atoms in total. The van der Waals surface area contributed by atoms with Crippen molar-refractivity contribution in [2.75, 3.05) is 13.2 Å². The number of amides is 1. The van der Waals surface area contributed by atoms with Gasteiger partial charge >= 0.3 is 6.09 Å². The molecule has 0 bridgehead atoms. The summed E-state index contributed by atoms with van der Waals surface area (Å²) in [6.45, 7) is 10.8. The molecule has 1 rings (SSSR count). The minimum Gasteiger partial charge on any atom is -0.444 e. The zero-order valence-electron chi connectivity index (χ0n) is 15.6. The molecular weight excluding hydrogens is 292 g/mol. The number of hydrogen-bond acceptors (Lipinski definition) is 4. The molecule has 0 aromatic rings. The summed E-state index contributed by atoms with van der Waals surface area (Å²) < 4.78 is 5.40. The zero-order valence-corrected chi connectivity index (χ0v) is 15.6. The molecule has 5 heteroatoms. The Balaban J connectivity index is 2.63. The van der Waals surface area contributed by atoms with E-state index in [9.17, 15) is 9.90 Å². The van der Waals surface area contributed by atoms with E-state index in [1.165, 1.54) is 12.8 Å². The third-order valence-corrected chi connectivity index (χ3v) is 4.74. The highest BCUT2D eigenvalue weighted by atomic mass is 16.6. The van der Waals surface area contributed by atoms with E-state index in [4.69, 9.17) is 4.74 Å². The second-order valence-electron chi connectivity index (χ2n) is 8.20. The number of ether oxygens (including phenoxy) is 1. The fourth-order valence-corrected chi connectivity index (χ4v) is 2.85. The van der Waals surface area contributed by atoms with Crippen LogP contribution in [0.15, 0.2) is 0 Å². The van der Waals surface area contributed by atoms with Gasteiger partial charge in [-0.25, -0.2) is 4.79 Å². The molecule has 1 aliphatic carbocycles. The van der Waals surface area contributed by atoms with Gasteiger partial charge in [-0.1, -0.05) is 33.1 Å². The first-order valence-corrected chi connectivity index (χ1v) is 9.03. The van der Waals surface area contributed by atoms with Gasteiger partial charge in [0.1, 0.15) is 5.60 Å². The molecule has 0 heterocycles. The van der Waals surface area contributed by atoms with E-state index in [-0.39, 0.29) is 30.2 Å². The predicted molar refractivity (Wildman–Crippen MR) is 93.5 cm³/mol. The normalized spacial score (nSPS) is 25.3. The van der Waals surface area contributed by atoms with Gasteiger partial charge in [-0.15, -0.1) is 0 Å². The lowest BCUT2D eigenvalue weighted by Gasteiger charge is -2.33. The number of aliphatic hydroxyl groups is 1. The zero-order chi connectivity index (χ0) is 17.5. The first-order valence-electron chi connectivity index (χ1n) is 9.03. The van der Waals surface area contributed by atoms with E-state index >= 15 is 0 Å². The summed E-state index contributed by atoms with van der Waals surface area (Å²) in [4.78, 5) is 12.1. The van der Waals surface area contributed by atoms with Crippen LogP contribution in [0.5, 0.6) is 0 Å². The number of hydrogen-bond donors (Lipinski definition) is 3. The highest BCUT2D eigenvalue weighted by Crippen LogP contribution is 2.22. The van der Waals surface area contributed by atoms with E-state index in [0.29, 0.717) is 0 Å². The van der Waals surface area contributed by atoms with E-state index in [1.54, 1.807) is 0 Å². The average Bonchev–Trinajstić information content (AvgIpc) is 2.68. The molecule has 0 aromatic heterocycles. The lowest BCUT2D eigenvalue weighted by Crippen LogP contribution is -2.52. The molecule has 3 N–H and O–H groups in total. The van der Waals surface area contributed by atoms with Crippen LogP contribution in [-0.4, -0.2) is 42.0 Å². The molecule has 0 aromatic carbocycles. The van der Waals surface area contributed by atoms with Crippen molar-refractivity contribution in [1.82, 2.24) is 10.6 Å². The van der Waals surface area contributed by atoms with E-state index < -0.39 is 5.60 Å². The molecule has 1 amide bonds. The molecule has 0 radical (unpaired) electrons. The SMILES string of the molecule is CCC(C)(CO)CNC1CCCCCC1NC(=O)OC(C)(C)C. The molecule has 136 valence electrons. The monoisotopic (exact) mass is 328 g/mol. The lowest BCUT2D eigenvalue weighted by atomic mass is 9.88. The number of alkyl carbamates (subject to hydrolysis) is 1. The fourth-order valence-electron chi connectivity index (χ4n) is 2.85. The second kappa shape index (κ2) is 8.88. The van der Waals surface area contributed by atoms with Crippen LogP contribution < -0.4 is 10.6 Å². The topological polar surface area (TPSA) is 70.6 Å². The summed E-state index contributed by atoms with van der Waals surface area (Å²) >= 11 is 0. The Labute approximate surface area is 141 Å². The smallest absolute Gasteiger partial charge is 0.407 e. The number of carbonyl (C=O) groups excluding carboxylic acids is 1. The van der Waals surface area contributed by atoms with Gasteiger partial charge < -0.3 is 20.5 Å². The standard InChI is InChI=1S/C18H36N2O3/c1-6-18(5,13-21)12-19-14-10-8-7-9-11-15(14)20-16(22)23-17(2,3)4/h14-15,19,21H,6-13H2,1-5H3,(H,20,22).